The van der Waals surface area contributed by atoms with Crippen molar-refractivity contribution in [3.63, 3.8) is 0 Å². The van der Waals surface area contributed by atoms with Crippen molar-refractivity contribution in [1.82, 2.24) is 14.8 Å². The van der Waals surface area contributed by atoms with E-state index in [4.69, 9.17) is 5.11 Å². The molecule has 3 N–H and O–H groups in total. The van der Waals surface area contributed by atoms with Gasteiger partial charge in [0, 0.05) is 37.4 Å². The number of carboxylic acids is 1. The summed E-state index contributed by atoms with van der Waals surface area (Å²) in [6, 6.07) is 8.70. The second-order valence-electron chi connectivity index (χ2n) is 8.19. The van der Waals surface area contributed by atoms with Crippen LogP contribution >= 0.6 is 0 Å². The zero-order chi connectivity index (χ0) is 20.5. The largest absolute Gasteiger partial charge is 0.480 e. The summed E-state index contributed by atoms with van der Waals surface area (Å²) in [6.45, 7) is 0.904. The number of carboxylic acid groups (broad SMARTS) is 1. The fourth-order valence-corrected chi connectivity index (χ4v) is 3.95. The molecule has 0 aliphatic heterocycles. The van der Waals surface area contributed by atoms with Crippen LogP contribution in [0.5, 0.6) is 0 Å². The molecule has 2 amide bonds. The van der Waals surface area contributed by atoms with Crippen LogP contribution in [0.2, 0.25) is 0 Å². The molecule has 0 radical (unpaired) electrons. The van der Waals surface area contributed by atoms with Crippen molar-refractivity contribution < 1.29 is 14.7 Å². The molecule has 0 saturated heterocycles. The highest BCUT2D eigenvalue weighted by Gasteiger charge is 2.37. The molecule has 2 aromatic rings. The lowest BCUT2D eigenvalue weighted by Gasteiger charge is -2.42. The molecule has 8 heteroatoms. The molecule has 0 atom stereocenters. The van der Waals surface area contributed by atoms with Gasteiger partial charge >= 0.3 is 12.0 Å². The van der Waals surface area contributed by atoms with Gasteiger partial charge in [-0.15, -0.1) is 0 Å². The number of fused-ring (bicyclic) bond motifs is 1. The van der Waals surface area contributed by atoms with Gasteiger partial charge in [-0.1, -0.05) is 6.07 Å². The predicted octanol–water partition coefficient (Wildman–Crippen LogP) is 1.99. The summed E-state index contributed by atoms with van der Waals surface area (Å²) in [4.78, 5) is 37.3. The third kappa shape index (κ3) is 4.59. The van der Waals surface area contributed by atoms with Gasteiger partial charge in [0.1, 0.15) is 0 Å². The van der Waals surface area contributed by atoms with Crippen molar-refractivity contribution in [2.45, 2.75) is 37.8 Å². The second kappa shape index (κ2) is 7.87. The van der Waals surface area contributed by atoms with Gasteiger partial charge in [0.15, 0.2) is 0 Å². The number of aliphatic carboxylic acids is 1. The van der Waals surface area contributed by atoms with E-state index < -0.39 is 5.97 Å². The molecule has 2 aliphatic carbocycles. The van der Waals surface area contributed by atoms with Gasteiger partial charge in [-0.2, -0.15) is 0 Å². The van der Waals surface area contributed by atoms with Crippen LogP contribution in [0.4, 0.5) is 10.5 Å². The Morgan fingerprint density at radius 3 is 2.62 bits per heavy atom. The first-order chi connectivity index (χ1) is 13.9. The van der Waals surface area contributed by atoms with Crippen molar-refractivity contribution >= 4 is 28.6 Å². The predicted molar refractivity (Wildman–Crippen MR) is 110 cm³/mol. The SMILES string of the molecule is Cn1c(=O)ccc2ccc(NC(=O)NC3CC(N(CC(=O)O)CC4CC4)C3)cc21. The average molecular weight is 398 g/mol. The molecule has 1 aromatic heterocycles. The number of hydrogen-bond acceptors (Lipinski definition) is 4. The fourth-order valence-electron chi connectivity index (χ4n) is 3.95. The molecule has 0 bridgehead atoms. The maximum atomic E-state index is 12.3. The minimum atomic E-state index is -0.800. The Morgan fingerprint density at radius 2 is 1.93 bits per heavy atom. The van der Waals surface area contributed by atoms with E-state index in [-0.39, 0.29) is 30.2 Å². The van der Waals surface area contributed by atoms with Gasteiger partial charge < -0.3 is 20.3 Å². The number of carbonyl (C=O) groups is 2. The van der Waals surface area contributed by atoms with E-state index in [0.717, 1.165) is 30.3 Å². The number of anilines is 1. The van der Waals surface area contributed by atoms with Crippen molar-refractivity contribution in [2.75, 3.05) is 18.4 Å². The monoisotopic (exact) mass is 398 g/mol. The third-order valence-corrected chi connectivity index (χ3v) is 5.88. The molecule has 4 rings (SSSR count). The molecule has 2 aliphatic rings. The maximum absolute atomic E-state index is 12.3. The number of carbonyl (C=O) groups excluding carboxylic acids is 1. The van der Waals surface area contributed by atoms with Gasteiger partial charge in [0.25, 0.3) is 5.56 Å². The Hall–Kier alpha value is -2.87. The number of urea groups is 1. The molecule has 2 saturated carbocycles. The van der Waals surface area contributed by atoms with E-state index in [9.17, 15) is 14.4 Å². The number of amides is 2. The maximum Gasteiger partial charge on any atom is 0.319 e. The van der Waals surface area contributed by atoms with Gasteiger partial charge in [0.05, 0.1) is 12.1 Å². The summed E-state index contributed by atoms with van der Waals surface area (Å²) in [6.07, 6.45) is 3.90. The summed E-state index contributed by atoms with van der Waals surface area (Å²) in [5.41, 5.74) is 1.27. The Kier molecular flexibility index (Phi) is 5.27. The molecular formula is C21H26N4O4. The van der Waals surface area contributed by atoms with E-state index in [2.05, 4.69) is 10.6 Å². The summed E-state index contributed by atoms with van der Waals surface area (Å²) in [5, 5.41) is 15.8. The number of nitrogens with zero attached hydrogens (tertiary/aromatic N) is 2. The fraction of sp³-hybridized carbons (Fsp3) is 0.476. The van der Waals surface area contributed by atoms with Crippen molar-refractivity contribution in [3.8, 4) is 0 Å². The Bertz CT molecular complexity index is 992. The molecular weight excluding hydrogens is 372 g/mol. The summed E-state index contributed by atoms with van der Waals surface area (Å²) >= 11 is 0. The zero-order valence-corrected chi connectivity index (χ0v) is 16.4. The number of nitrogens with one attached hydrogen (secondary N) is 2. The average Bonchev–Trinajstić information content (AvgIpc) is 3.44. The lowest BCUT2D eigenvalue weighted by atomic mass is 9.85. The number of hydrogen-bond donors (Lipinski definition) is 3. The highest BCUT2D eigenvalue weighted by atomic mass is 16.4. The first-order valence-corrected chi connectivity index (χ1v) is 10.0. The van der Waals surface area contributed by atoms with Gasteiger partial charge in [-0.25, -0.2) is 4.79 Å². The number of benzene rings is 1. The van der Waals surface area contributed by atoms with Crippen LogP contribution in [-0.2, 0) is 11.8 Å². The van der Waals surface area contributed by atoms with Crippen molar-refractivity contribution in [3.05, 3.63) is 40.7 Å². The number of rotatable bonds is 7. The quantitative estimate of drug-likeness (QED) is 0.662. The minimum Gasteiger partial charge on any atom is -0.480 e. The first kappa shape index (κ1) is 19.4. The number of pyridine rings is 1. The smallest absolute Gasteiger partial charge is 0.319 e. The summed E-state index contributed by atoms with van der Waals surface area (Å²) in [7, 11) is 1.70. The number of aryl methyl sites for hydroxylation is 1. The van der Waals surface area contributed by atoms with Crippen LogP contribution < -0.4 is 16.2 Å². The Morgan fingerprint density at radius 1 is 1.21 bits per heavy atom. The van der Waals surface area contributed by atoms with E-state index in [1.165, 1.54) is 18.9 Å². The van der Waals surface area contributed by atoms with E-state index in [1.54, 1.807) is 29.8 Å². The molecule has 2 fully saturated rings. The summed E-state index contributed by atoms with van der Waals surface area (Å²) in [5.74, 6) is -0.168. The highest BCUT2D eigenvalue weighted by Crippen LogP contribution is 2.33. The normalized spacial score (nSPS) is 21.0. The standard InChI is InChI=1S/C21H26N4O4/c1-24-18-10-15(6-4-14(18)5-7-19(24)26)22-21(29)23-16-8-17(9-16)25(12-20(27)28)11-13-2-3-13/h4-7,10,13,16-17H,2-3,8-9,11-12H2,1H3,(H,27,28)(H2,22,23,29). The third-order valence-electron chi connectivity index (χ3n) is 5.88. The molecule has 0 spiro atoms. The Balaban J connectivity index is 1.31. The van der Waals surface area contributed by atoms with Crippen LogP contribution in [0.3, 0.4) is 0 Å². The topological polar surface area (TPSA) is 104 Å². The molecule has 8 nitrogen and oxygen atoms in total. The first-order valence-electron chi connectivity index (χ1n) is 10.0. The minimum absolute atomic E-state index is 0.0420. The van der Waals surface area contributed by atoms with Crippen LogP contribution in [0.1, 0.15) is 25.7 Å². The van der Waals surface area contributed by atoms with Crippen molar-refractivity contribution in [2.24, 2.45) is 13.0 Å². The molecule has 1 aromatic carbocycles. The highest BCUT2D eigenvalue weighted by molar-refractivity contribution is 5.92. The van der Waals surface area contributed by atoms with Crippen LogP contribution in [0.15, 0.2) is 35.1 Å². The van der Waals surface area contributed by atoms with Crippen molar-refractivity contribution in [1.29, 1.82) is 0 Å². The van der Waals surface area contributed by atoms with E-state index in [1.807, 2.05) is 11.0 Å². The lowest BCUT2D eigenvalue weighted by molar-refractivity contribution is -0.139. The second-order valence-corrected chi connectivity index (χ2v) is 8.19. The van der Waals surface area contributed by atoms with Gasteiger partial charge in [-0.3, -0.25) is 14.5 Å². The van der Waals surface area contributed by atoms with Crippen LogP contribution in [0.25, 0.3) is 10.9 Å². The lowest BCUT2D eigenvalue weighted by Crippen LogP contribution is -2.55. The van der Waals surface area contributed by atoms with Crippen LogP contribution in [-0.4, -0.2) is 51.7 Å². The Labute approximate surface area is 168 Å². The van der Waals surface area contributed by atoms with Gasteiger partial charge in [0.2, 0.25) is 0 Å². The zero-order valence-electron chi connectivity index (χ0n) is 16.4. The number of aromatic nitrogens is 1. The molecule has 0 unspecified atom stereocenters. The van der Waals surface area contributed by atoms with Gasteiger partial charge in [-0.05, 0) is 55.2 Å². The molecule has 1 heterocycles. The van der Waals surface area contributed by atoms with E-state index in [0.29, 0.717) is 11.6 Å². The molecule has 29 heavy (non-hydrogen) atoms. The molecule has 154 valence electrons. The summed E-state index contributed by atoms with van der Waals surface area (Å²) < 4.78 is 1.55. The van der Waals surface area contributed by atoms with E-state index >= 15 is 0 Å². The van der Waals surface area contributed by atoms with Crippen LogP contribution in [0, 0.1) is 5.92 Å².